The smallest absolute Gasteiger partial charge is 0.222 e. The van der Waals surface area contributed by atoms with E-state index in [4.69, 9.17) is 4.74 Å². The van der Waals surface area contributed by atoms with E-state index in [2.05, 4.69) is 5.32 Å². The lowest BCUT2D eigenvalue weighted by atomic mass is 10.1. The van der Waals surface area contributed by atoms with E-state index in [-0.39, 0.29) is 18.2 Å². The van der Waals surface area contributed by atoms with Crippen molar-refractivity contribution in [2.45, 2.75) is 33.4 Å². The molecule has 138 valence electrons. The standard InChI is InChI=1S/C21H26N2O3/c1-16-7-6-8-18(13-16)14-22-21(25)11-12-23(17(2)24)15-19-9-4-5-10-20(19)26-3/h4-10,13H,11-12,14-15H2,1-3H3,(H,22,25). The summed E-state index contributed by atoms with van der Waals surface area (Å²) in [4.78, 5) is 25.7. The Kier molecular flexibility index (Phi) is 7.21. The first kappa shape index (κ1) is 19.5. The number of rotatable bonds is 8. The number of para-hydroxylation sites is 1. The summed E-state index contributed by atoms with van der Waals surface area (Å²) in [5.74, 6) is 0.600. The molecule has 0 spiro atoms. The molecule has 2 aromatic carbocycles. The Bertz CT molecular complexity index is 758. The van der Waals surface area contributed by atoms with Gasteiger partial charge in [-0.1, -0.05) is 48.0 Å². The molecule has 0 heterocycles. The van der Waals surface area contributed by atoms with Crippen molar-refractivity contribution < 1.29 is 14.3 Å². The average Bonchev–Trinajstić information content (AvgIpc) is 2.63. The molecule has 26 heavy (non-hydrogen) atoms. The number of hydrogen-bond acceptors (Lipinski definition) is 3. The molecule has 5 heteroatoms. The Morgan fingerprint density at radius 2 is 1.88 bits per heavy atom. The third-order valence-corrected chi connectivity index (χ3v) is 4.18. The van der Waals surface area contributed by atoms with Gasteiger partial charge in [0.1, 0.15) is 5.75 Å². The molecule has 2 rings (SSSR count). The van der Waals surface area contributed by atoms with Gasteiger partial charge in [0.25, 0.3) is 0 Å². The van der Waals surface area contributed by atoms with Crippen molar-refractivity contribution >= 4 is 11.8 Å². The summed E-state index contributed by atoms with van der Waals surface area (Å²) in [7, 11) is 1.61. The molecule has 2 aromatic rings. The zero-order valence-electron chi connectivity index (χ0n) is 15.6. The first-order chi connectivity index (χ1) is 12.5. The average molecular weight is 354 g/mol. The third kappa shape index (κ3) is 5.92. The summed E-state index contributed by atoms with van der Waals surface area (Å²) >= 11 is 0. The van der Waals surface area contributed by atoms with Crippen LogP contribution in [0.15, 0.2) is 48.5 Å². The lowest BCUT2D eigenvalue weighted by Crippen LogP contribution is -2.33. The quantitative estimate of drug-likeness (QED) is 0.793. The summed E-state index contributed by atoms with van der Waals surface area (Å²) in [6.07, 6.45) is 0.264. The van der Waals surface area contributed by atoms with Gasteiger partial charge in [-0.05, 0) is 18.6 Å². The van der Waals surface area contributed by atoms with Gasteiger partial charge in [0.2, 0.25) is 11.8 Å². The van der Waals surface area contributed by atoms with Gasteiger partial charge in [0, 0.05) is 38.5 Å². The van der Waals surface area contributed by atoms with Crippen LogP contribution in [0, 0.1) is 6.92 Å². The van der Waals surface area contributed by atoms with Crippen LogP contribution >= 0.6 is 0 Å². The molecule has 0 aliphatic rings. The number of methoxy groups -OCH3 is 1. The van der Waals surface area contributed by atoms with Crippen LogP contribution in [0.2, 0.25) is 0 Å². The number of carbonyl (C=O) groups is 2. The van der Waals surface area contributed by atoms with E-state index in [0.717, 1.165) is 22.4 Å². The van der Waals surface area contributed by atoms with E-state index >= 15 is 0 Å². The number of carbonyl (C=O) groups excluding carboxylic acids is 2. The van der Waals surface area contributed by atoms with E-state index in [1.54, 1.807) is 12.0 Å². The fourth-order valence-electron chi connectivity index (χ4n) is 2.73. The maximum absolute atomic E-state index is 12.1. The topological polar surface area (TPSA) is 58.6 Å². The van der Waals surface area contributed by atoms with Crippen LogP contribution in [0.4, 0.5) is 0 Å². The van der Waals surface area contributed by atoms with Gasteiger partial charge in [0.15, 0.2) is 0 Å². The second-order valence-corrected chi connectivity index (χ2v) is 6.27. The van der Waals surface area contributed by atoms with Crippen LogP contribution in [0.5, 0.6) is 5.75 Å². The van der Waals surface area contributed by atoms with Crippen LogP contribution in [-0.2, 0) is 22.7 Å². The fraction of sp³-hybridized carbons (Fsp3) is 0.333. The molecular weight excluding hydrogens is 328 g/mol. The molecule has 5 nitrogen and oxygen atoms in total. The molecule has 0 aliphatic heterocycles. The molecule has 0 aliphatic carbocycles. The van der Waals surface area contributed by atoms with Gasteiger partial charge in [-0.3, -0.25) is 9.59 Å². The largest absolute Gasteiger partial charge is 0.496 e. The lowest BCUT2D eigenvalue weighted by Gasteiger charge is -2.22. The highest BCUT2D eigenvalue weighted by molar-refractivity contribution is 5.78. The Labute approximate surface area is 155 Å². The minimum absolute atomic E-state index is 0.0672. The molecule has 0 bridgehead atoms. The molecule has 2 amide bonds. The minimum atomic E-state index is -0.0715. The number of aryl methyl sites for hydroxylation is 1. The summed E-state index contributed by atoms with van der Waals surface area (Å²) in [5, 5.41) is 2.91. The van der Waals surface area contributed by atoms with Gasteiger partial charge < -0.3 is 15.0 Å². The fourth-order valence-corrected chi connectivity index (χ4v) is 2.73. The van der Waals surface area contributed by atoms with Gasteiger partial charge >= 0.3 is 0 Å². The minimum Gasteiger partial charge on any atom is -0.496 e. The van der Waals surface area contributed by atoms with Crippen molar-refractivity contribution in [3.05, 3.63) is 65.2 Å². The Morgan fingerprint density at radius 3 is 2.58 bits per heavy atom. The van der Waals surface area contributed by atoms with Crippen molar-refractivity contribution in [3.8, 4) is 5.75 Å². The number of hydrogen-bond donors (Lipinski definition) is 1. The van der Waals surface area contributed by atoms with E-state index < -0.39 is 0 Å². The Hall–Kier alpha value is -2.82. The highest BCUT2D eigenvalue weighted by atomic mass is 16.5. The molecule has 0 atom stereocenters. The van der Waals surface area contributed by atoms with Gasteiger partial charge in [-0.15, -0.1) is 0 Å². The number of nitrogens with zero attached hydrogens (tertiary/aromatic N) is 1. The second kappa shape index (κ2) is 9.61. The first-order valence-electron chi connectivity index (χ1n) is 8.69. The van der Waals surface area contributed by atoms with Crippen LogP contribution in [0.1, 0.15) is 30.0 Å². The Morgan fingerprint density at radius 1 is 1.12 bits per heavy atom. The molecule has 0 saturated heterocycles. The lowest BCUT2D eigenvalue weighted by molar-refractivity contribution is -0.130. The third-order valence-electron chi connectivity index (χ3n) is 4.18. The van der Waals surface area contributed by atoms with E-state index in [1.807, 2.05) is 55.5 Å². The predicted octanol–water partition coefficient (Wildman–Crippen LogP) is 3.06. The SMILES string of the molecule is COc1ccccc1CN(CCC(=O)NCc1cccc(C)c1)C(C)=O. The molecular formula is C21H26N2O3. The second-order valence-electron chi connectivity index (χ2n) is 6.27. The normalized spacial score (nSPS) is 10.3. The highest BCUT2D eigenvalue weighted by Crippen LogP contribution is 2.19. The van der Waals surface area contributed by atoms with Gasteiger partial charge in [0.05, 0.1) is 7.11 Å². The number of benzene rings is 2. The van der Waals surface area contributed by atoms with Gasteiger partial charge in [-0.25, -0.2) is 0 Å². The van der Waals surface area contributed by atoms with Crippen LogP contribution in [0.3, 0.4) is 0 Å². The maximum atomic E-state index is 12.1. The summed E-state index contributed by atoms with van der Waals surface area (Å²) in [6.45, 7) is 4.82. The molecule has 0 unspecified atom stereocenters. The predicted molar refractivity (Wildman–Crippen MR) is 102 cm³/mol. The molecule has 0 saturated carbocycles. The zero-order valence-corrected chi connectivity index (χ0v) is 15.6. The number of amides is 2. The van der Waals surface area contributed by atoms with Crippen LogP contribution in [-0.4, -0.2) is 30.4 Å². The molecule has 0 aromatic heterocycles. The van der Waals surface area contributed by atoms with Gasteiger partial charge in [-0.2, -0.15) is 0 Å². The van der Waals surface area contributed by atoms with Crippen molar-refractivity contribution in [2.75, 3.05) is 13.7 Å². The first-order valence-corrected chi connectivity index (χ1v) is 8.69. The van der Waals surface area contributed by atoms with Crippen LogP contribution in [0.25, 0.3) is 0 Å². The Balaban J connectivity index is 1.87. The molecule has 0 radical (unpaired) electrons. The highest BCUT2D eigenvalue weighted by Gasteiger charge is 2.14. The van der Waals surface area contributed by atoms with Crippen molar-refractivity contribution in [3.63, 3.8) is 0 Å². The maximum Gasteiger partial charge on any atom is 0.222 e. The van der Waals surface area contributed by atoms with E-state index in [9.17, 15) is 9.59 Å². The van der Waals surface area contributed by atoms with Crippen molar-refractivity contribution in [1.29, 1.82) is 0 Å². The summed E-state index contributed by atoms with van der Waals surface area (Å²) < 4.78 is 5.33. The summed E-state index contributed by atoms with van der Waals surface area (Å²) in [6, 6.07) is 15.6. The van der Waals surface area contributed by atoms with E-state index in [0.29, 0.717) is 19.6 Å². The summed E-state index contributed by atoms with van der Waals surface area (Å²) in [5.41, 5.74) is 3.15. The zero-order chi connectivity index (χ0) is 18.9. The van der Waals surface area contributed by atoms with Crippen molar-refractivity contribution in [1.82, 2.24) is 10.2 Å². The van der Waals surface area contributed by atoms with Crippen molar-refractivity contribution in [2.24, 2.45) is 0 Å². The van der Waals surface area contributed by atoms with Crippen LogP contribution < -0.4 is 10.1 Å². The van der Waals surface area contributed by atoms with E-state index in [1.165, 1.54) is 6.92 Å². The monoisotopic (exact) mass is 354 g/mol. The molecule has 1 N–H and O–H groups in total. The molecule has 0 fully saturated rings. The number of nitrogens with one attached hydrogen (secondary N) is 1. The number of ether oxygens (including phenoxy) is 1.